The molecular formula is C6H8O6S2. The molecule has 1 aromatic carbocycles. The predicted molar refractivity (Wildman–Crippen MR) is 49.5 cm³/mol. The van der Waals surface area contributed by atoms with E-state index in [0.29, 0.717) is 0 Å². The third kappa shape index (κ3) is 5.65. The fourth-order valence-corrected chi connectivity index (χ4v) is 0.385. The van der Waals surface area contributed by atoms with Crippen LogP contribution in [0.3, 0.4) is 0 Å². The largest absolute Gasteiger partial charge is 0.397 e. The fraction of sp³-hybridized carbons (Fsp3) is 0. The Hall–Kier alpha value is -0.960. The summed E-state index contributed by atoms with van der Waals surface area (Å²) in [5, 5.41) is 0. The average Bonchev–Trinajstić information content (AvgIpc) is 2.05. The first kappa shape index (κ1) is 13.0. The van der Waals surface area contributed by atoms with E-state index in [1.807, 2.05) is 36.4 Å². The molecule has 0 spiro atoms. The van der Waals surface area contributed by atoms with E-state index in [4.69, 9.17) is 9.11 Å². The van der Waals surface area contributed by atoms with Crippen molar-refractivity contribution < 1.29 is 25.9 Å². The van der Waals surface area contributed by atoms with Gasteiger partial charge in [-0.25, -0.2) is 0 Å². The van der Waals surface area contributed by atoms with Crippen molar-refractivity contribution in [3.8, 4) is 0 Å². The molecule has 0 heterocycles. The van der Waals surface area contributed by atoms with Crippen LogP contribution in [-0.4, -0.2) is 25.9 Å². The van der Waals surface area contributed by atoms with Gasteiger partial charge >= 0.3 is 18.3 Å². The Morgan fingerprint density at radius 3 is 0.786 bits per heavy atom. The monoisotopic (exact) mass is 240 g/mol. The van der Waals surface area contributed by atoms with Crippen LogP contribution in [0.15, 0.2) is 36.4 Å². The zero-order chi connectivity index (χ0) is 11.2. The minimum Gasteiger partial charge on any atom is -0.272 e. The predicted octanol–water partition coefficient (Wildman–Crippen LogP) is 0.364. The highest BCUT2D eigenvalue weighted by atomic mass is 33.2. The Kier molecular flexibility index (Phi) is 4.71. The van der Waals surface area contributed by atoms with Crippen LogP contribution in [0.5, 0.6) is 0 Å². The lowest BCUT2D eigenvalue weighted by Gasteiger charge is -1.84. The third-order valence-electron chi connectivity index (χ3n) is 0.933. The Bertz CT molecular complexity index is 390. The van der Waals surface area contributed by atoms with Gasteiger partial charge in [0.05, 0.1) is 0 Å². The molecular weight excluding hydrogens is 232 g/mol. The van der Waals surface area contributed by atoms with Gasteiger partial charge in [-0.3, -0.25) is 9.11 Å². The summed E-state index contributed by atoms with van der Waals surface area (Å²) in [6.45, 7) is 0. The molecule has 0 atom stereocenters. The second kappa shape index (κ2) is 5.05. The van der Waals surface area contributed by atoms with E-state index in [9.17, 15) is 16.8 Å². The molecule has 0 fully saturated rings. The van der Waals surface area contributed by atoms with Gasteiger partial charge in [0.1, 0.15) is 0 Å². The van der Waals surface area contributed by atoms with Crippen molar-refractivity contribution in [1.29, 1.82) is 0 Å². The van der Waals surface area contributed by atoms with E-state index in [1.165, 1.54) is 0 Å². The molecule has 0 aliphatic carbocycles. The summed E-state index contributed by atoms with van der Waals surface area (Å²) in [6, 6.07) is 12.0. The van der Waals surface area contributed by atoms with Gasteiger partial charge < -0.3 is 0 Å². The van der Waals surface area contributed by atoms with Crippen LogP contribution in [0.2, 0.25) is 0 Å². The van der Waals surface area contributed by atoms with Crippen molar-refractivity contribution >= 4 is 18.3 Å². The molecule has 0 aromatic heterocycles. The van der Waals surface area contributed by atoms with Gasteiger partial charge in [-0.05, 0) is 0 Å². The second-order valence-electron chi connectivity index (χ2n) is 2.01. The maximum absolute atomic E-state index is 9.37. The van der Waals surface area contributed by atoms with E-state index in [-0.39, 0.29) is 0 Å². The van der Waals surface area contributed by atoms with Gasteiger partial charge in [-0.1, -0.05) is 36.4 Å². The maximum atomic E-state index is 9.37. The fourth-order valence-electron chi connectivity index (χ4n) is 0.385. The topological polar surface area (TPSA) is 109 Å². The van der Waals surface area contributed by atoms with Crippen LogP contribution in [-0.2, 0) is 18.3 Å². The zero-order valence-electron chi connectivity index (χ0n) is 6.81. The van der Waals surface area contributed by atoms with Crippen LogP contribution in [0.4, 0.5) is 0 Å². The van der Waals surface area contributed by atoms with Crippen LogP contribution in [0, 0.1) is 0 Å². The number of hydrogen-bond donors (Lipinski definition) is 2. The lowest BCUT2D eigenvalue weighted by Crippen LogP contribution is -2.11. The zero-order valence-corrected chi connectivity index (χ0v) is 8.44. The van der Waals surface area contributed by atoms with Gasteiger partial charge in [-0.15, -0.1) is 0 Å². The number of rotatable bonds is 1. The summed E-state index contributed by atoms with van der Waals surface area (Å²) in [7, 11) is -10.6. The van der Waals surface area contributed by atoms with Gasteiger partial charge in [0.2, 0.25) is 0 Å². The molecule has 6 nitrogen and oxygen atoms in total. The van der Waals surface area contributed by atoms with E-state index in [1.54, 1.807) is 0 Å². The summed E-state index contributed by atoms with van der Waals surface area (Å²) < 4.78 is 52.5. The van der Waals surface area contributed by atoms with Crippen LogP contribution in [0.25, 0.3) is 0 Å². The number of benzene rings is 1. The average molecular weight is 240 g/mol. The first-order valence-corrected chi connectivity index (χ1v) is 6.60. The molecule has 2 N–H and O–H groups in total. The molecule has 14 heavy (non-hydrogen) atoms. The molecule has 0 bridgehead atoms. The van der Waals surface area contributed by atoms with Crippen molar-refractivity contribution in [3.05, 3.63) is 36.4 Å². The summed E-state index contributed by atoms with van der Waals surface area (Å²) in [4.78, 5) is 0. The minimum atomic E-state index is -5.31. The lowest BCUT2D eigenvalue weighted by molar-refractivity contribution is 0.460. The Labute approximate surface area is 81.1 Å². The summed E-state index contributed by atoms with van der Waals surface area (Å²) >= 11 is 0. The molecule has 0 radical (unpaired) electrons. The number of hydrogen-bond acceptors (Lipinski definition) is 4. The van der Waals surface area contributed by atoms with E-state index in [0.717, 1.165) is 0 Å². The second-order valence-corrected chi connectivity index (χ2v) is 6.25. The molecule has 0 aliphatic heterocycles. The maximum Gasteiger partial charge on any atom is 0.397 e. The molecule has 0 saturated carbocycles. The van der Waals surface area contributed by atoms with Crippen molar-refractivity contribution in [2.24, 2.45) is 0 Å². The highest BCUT2D eigenvalue weighted by molar-refractivity contribution is 8.62. The van der Waals surface area contributed by atoms with Gasteiger partial charge in [-0.2, -0.15) is 16.8 Å². The first-order valence-electron chi connectivity index (χ1n) is 3.20. The molecule has 0 aliphatic rings. The van der Waals surface area contributed by atoms with Crippen LogP contribution >= 0.6 is 0 Å². The molecule has 8 heteroatoms. The molecule has 1 aromatic rings. The van der Waals surface area contributed by atoms with Gasteiger partial charge in [0, 0.05) is 0 Å². The summed E-state index contributed by atoms with van der Waals surface area (Å²) in [5.74, 6) is 0. The molecule has 80 valence electrons. The Morgan fingerprint density at radius 1 is 0.571 bits per heavy atom. The molecule has 1 rings (SSSR count). The third-order valence-corrected chi connectivity index (χ3v) is 3.06. The lowest BCUT2D eigenvalue weighted by atomic mass is 10.4. The summed E-state index contributed by atoms with van der Waals surface area (Å²) in [6.07, 6.45) is 0. The van der Waals surface area contributed by atoms with Crippen molar-refractivity contribution in [2.45, 2.75) is 0 Å². The van der Waals surface area contributed by atoms with E-state index >= 15 is 0 Å². The smallest absolute Gasteiger partial charge is 0.272 e. The SMILES string of the molecule is O=S(=O)(O)S(=O)(=O)O.c1ccccc1. The van der Waals surface area contributed by atoms with Crippen molar-refractivity contribution in [3.63, 3.8) is 0 Å². The standard InChI is InChI=1S/C6H6.H2O6S2/c1-2-4-6-5-3-1;1-7(2,3)8(4,5)6/h1-6H;(H,1,2,3)(H,4,5,6). The molecule has 0 amide bonds. The van der Waals surface area contributed by atoms with Crippen molar-refractivity contribution in [1.82, 2.24) is 0 Å². The van der Waals surface area contributed by atoms with Crippen molar-refractivity contribution in [2.75, 3.05) is 0 Å². The quantitative estimate of drug-likeness (QED) is 0.542. The van der Waals surface area contributed by atoms with Gasteiger partial charge in [0.15, 0.2) is 0 Å². The summed E-state index contributed by atoms with van der Waals surface area (Å²) in [5.41, 5.74) is 0. The highest BCUT2D eigenvalue weighted by Gasteiger charge is 2.22. The molecule has 0 saturated heterocycles. The normalized spacial score (nSPS) is 11.3. The van der Waals surface area contributed by atoms with E-state index in [2.05, 4.69) is 0 Å². The van der Waals surface area contributed by atoms with Crippen LogP contribution < -0.4 is 0 Å². The minimum absolute atomic E-state index is 2.00. The first-order chi connectivity index (χ1) is 6.25. The Morgan fingerprint density at radius 2 is 0.714 bits per heavy atom. The van der Waals surface area contributed by atoms with E-state index < -0.39 is 18.3 Å². The Balaban J connectivity index is 0.000000249. The van der Waals surface area contributed by atoms with Crippen LogP contribution in [0.1, 0.15) is 0 Å². The molecule has 0 unspecified atom stereocenters. The van der Waals surface area contributed by atoms with Gasteiger partial charge in [0.25, 0.3) is 0 Å². The highest BCUT2D eigenvalue weighted by Crippen LogP contribution is 1.90.